The summed E-state index contributed by atoms with van der Waals surface area (Å²) in [6.45, 7) is 2.11. The molecule has 1 aromatic carbocycles. The van der Waals surface area contributed by atoms with Crippen molar-refractivity contribution in [3.05, 3.63) is 41.3 Å². The minimum atomic E-state index is -1.25. The molecule has 23 heavy (non-hydrogen) atoms. The molecule has 1 fully saturated rings. The van der Waals surface area contributed by atoms with Crippen molar-refractivity contribution in [2.75, 3.05) is 13.2 Å². The standard InChI is InChI=1S/C16H15NO6/c1-9(18)17-12(15(19)20)8-11-10-4-2-3-5-13(10)23-14(11)16-21-6-7-22-16/h2-5,8,16H,6-7H2,1H3,(H,17,18)(H,19,20). The molecule has 0 radical (unpaired) electrons. The maximum atomic E-state index is 11.4. The lowest BCUT2D eigenvalue weighted by Gasteiger charge is -2.08. The van der Waals surface area contributed by atoms with Gasteiger partial charge in [-0.1, -0.05) is 18.2 Å². The predicted molar refractivity (Wildman–Crippen MR) is 80.3 cm³/mol. The molecule has 1 amide bonds. The fourth-order valence-electron chi connectivity index (χ4n) is 2.40. The van der Waals surface area contributed by atoms with E-state index in [1.165, 1.54) is 13.0 Å². The summed E-state index contributed by atoms with van der Waals surface area (Å²) in [4.78, 5) is 22.6. The highest BCUT2D eigenvalue weighted by Gasteiger charge is 2.27. The number of furan rings is 1. The van der Waals surface area contributed by atoms with Gasteiger partial charge in [-0.2, -0.15) is 0 Å². The Balaban J connectivity index is 2.15. The van der Waals surface area contributed by atoms with Crippen LogP contribution in [-0.2, 0) is 19.1 Å². The number of ether oxygens (including phenoxy) is 2. The lowest BCUT2D eigenvalue weighted by molar-refractivity contribution is -0.134. The number of carbonyl (C=O) groups excluding carboxylic acids is 1. The summed E-state index contributed by atoms with van der Waals surface area (Å²) in [5, 5.41) is 12.3. The largest absolute Gasteiger partial charge is 0.477 e. The van der Waals surface area contributed by atoms with Crippen molar-refractivity contribution >= 4 is 28.9 Å². The molecule has 2 heterocycles. The lowest BCUT2D eigenvalue weighted by atomic mass is 10.1. The molecule has 0 aliphatic carbocycles. The molecular weight excluding hydrogens is 302 g/mol. The van der Waals surface area contributed by atoms with Gasteiger partial charge in [0.15, 0.2) is 5.76 Å². The lowest BCUT2D eigenvalue weighted by Crippen LogP contribution is -2.24. The Labute approximate surface area is 131 Å². The first kappa shape index (κ1) is 15.3. The molecule has 1 aliphatic rings. The van der Waals surface area contributed by atoms with Gasteiger partial charge in [-0.3, -0.25) is 4.79 Å². The van der Waals surface area contributed by atoms with Crippen molar-refractivity contribution in [1.82, 2.24) is 5.32 Å². The number of para-hydroxylation sites is 1. The van der Waals surface area contributed by atoms with E-state index < -0.39 is 18.2 Å². The fourth-order valence-corrected chi connectivity index (χ4v) is 2.40. The predicted octanol–water partition coefficient (Wildman–Crippen LogP) is 2.04. The van der Waals surface area contributed by atoms with Crippen LogP contribution in [0.5, 0.6) is 0 Å². The normalized spacial score (nSPS) is 16.0. The van der Waals surface area contributed by atoms with Crippen LogP contribution in [0.3, 0.4) is 0 Å². The molecule has 1 saturated heterocycles. The number of carbonyl (C=O) groups is 2. The number of carboxylic acids is 1. The first-order valence-electron chi connectivity index (χ1n) is 7.03. The summed E-state index contributed by atoms with van der Waals surface area (Å²) < 4.78 is 16.7. The summed E-state index contributed by atoms with van der Waals surface area (Å²) >= 11 is 0. The van der Waals surface area contributed by atoms with Crippen LogP contribution >= 0.6 is 0 Å². The Hall–Kier alpha value is -2.64. The van der Waals surface area contributed by atoms with Crippen molar-refractivity contribution in [3.8, 4) is 0 Å². The third-order valence-corrected chi connectivity index (χ3v) is 3.33. The monoisotopic (exact) mass is 317 g/mol. The topological polar surface area (TPSA) is 98.0 Å². The molecule has 0 saturated carbocycles. The molecule has 7 nitrogen and oxygen atoms in total. The Bertz CT molecular complexity index is 785. The molecule has 0 atom stereocenters. The zero-order valence-corrected chi connectivity index (χ0v) is 12.4. The van der Waals surface area contributed by atoms with Crippen molar-refractivity contribution in [2.24, 2.45) is 0 Å². The number of fused-ring (bicyclic) bond motifs is 1. The summed E-state index contributed by atoms with van der Waals surface area (Å²) in [7, 11) is 0. The van der Waals surface area contributed by atoms with Gasteiger partial charge in [-0.15, -0.1) is 0 Å². The zero-order chi connectivity index (χ0) is 16.4. The van der Waals surface area contributed by atoms with Gasteiger partial charge in [-0.25, -0.2) is 4.79 Å². The van der Waals surface area contributed by atoms with E-state index in [0.717, 1.165) is 0 Å². The number of amides is 1. The van der Waals surface area contributed by atoms with Gasteiger partial charge < -0.3 is 24.3 Å². The third kappa shape index (κ3) is 3.10. The van der Waals surface area contributed by atoms with Crippen LogP contribution in [0.4, 0.5) is 0 Å². The van der Waals surface area contributed by atoms with Gasteiger partial charge in [-0.05, 0) is 12.1 Å². The molecule has 7 heteroatoms. The quantitative estimate of drug-likeness (QED) is 0.837. The maximum absolute atomic E-state index is 11.4. The van der Waals surface area contributed by atoms with Crippen molar-refractivity contribution in [2.45, 2.75) is 13.2 Å². The molecule has 2 aromatic rings. The van der Waals surface area contributed by atoms with Crippen LogP contribution in [-0.4, -0.2) is 30.2 Å². The number of hydrogen-bond acceptors (Lipinski definition) is 5. The second-order valence-electron chi connectivity index (χ2n) is 4.99. The van der Waals surface area contributed by atoms with Gasteiger partial charge in [0.2, 0.25) is 12.2 Å². The fraction of sp³-hybridized carbons (Fsp3) is 0.250. The Kier molecular flexibility index (Phi) is 4.14. The molecule has 2 N–H and O–H groups in total. The SMILES string of the molecule is CC(=O)NC(=Cc1c(C2OCCO2)oc2ccccc12)C(=O)O. The van der Waals surface area contributed by atoms with E-state index in [4.69, 9.17) is 13.9 Å². The molecule has 0 bridgehead atoms. The van der Waals surface area contributed by atoms with Crippen molar-refractivity contribution in [1.29, 1.82) is 0 Å². The Morgan fingerprint density at radius 1 is 1.26 bits per heavy atom. The van der Waals surface area contributed by atoms with E-state index >= 15 is 0 Å². The zero-order valence-electron chi connectivity index (χ0n) is 12.4. The van der Waals surface area contributed by atoms with Crippen LogP contribution in [0.15, 0.2) is 34.4 Å². The summed E-state index contributed by atoms with van der Waals surface area (Å²) in [5.41, 5.74) is 0.849. The van der Waals surface area contributed by atoms with E-state index in [2.05, 4.69) is 5.32 Å². The average molecular weight is 317 g/mol. The second kappa shape index (κ2) is 6.23. The van der Waals surface area contributed by atoms with Gasteiger partial charge in [0, 0.05) is 17.9 Å². The highest BCUT2D eigenvalue weighted by Crippen LogP contribution is 2.35. The number of nitrogens with one attached hydrogen (secondary N) is 1. The Morgan fingerprint density at radius 2 is 1.96 bits per heavy atom. The smallest absolute Gasteiger partial charge is 0.352 e. The van der Waals surface area contributed by atoms with Gasteiger partial charge in [0.05, 0.1) is 13.2 Å². The van der Waals surface area contributed by atoms with Crippen LogP contribution < -0.4 is 5.32 Å². The minimum Gasteiger partial charge on any atom is -0.477 e. The van der Waals surface area contributed by atoms with Gasteiger partial charge in [0.1, 0.15) is 11.3 Å². The second-order valence-corrected chi connectivity index (χ2v) is 4.99. The van der Waals surface area contributed by atoms with E-state index in [1.807, 2.05) is 12.1 Å². The molecule has 120 valence electrons. The molecule has 3 rings (SSSR count). The van der Waals surface area contributed by atoms with Crippen molar-refractivity contribution in [3.63, 3.8) is 0 Å². The number of aliphatic carboxylic acids is 1. The van der Waals surface area contributed by atoms with Crippen LogP contribution in [0.2, 0.25) is 0 Å². The number of rotatable bonds is 4. The Morgan fingerprint density at radius 3 is 2.61 bits per heavy atom. The van der Waals surface area contributed by atoms with Crippen LogP contribution in [0.25, 0.3) is 17.0 Å². The van der Waals surface area contributed by atoms with E-state index in [1.54, 1.807) is 12.1 Å². The van der Waals surface area contributed by atoms with Crippen LogP contribution in [0.1, 0.15) is 24.5 Å². The van der Waals surface area contributed by atoms with Gasteiger partial charge >= 0.3 is 5.97 Å². The van der Waals surface area contributed by atoms with Crippen molar-refractivity contribution < 1.29 is 28.6 Å². The first-order valence-corrected chi connectivity index (χ1v) is 7.03. The van der Waals surface area contributed by atoms with Crippen LogP contribution in [0, 0.1) is 0 Å². The third-order valence-electron chi connectivity index (χ3n) is 3.33. The highest BCUT2D eigenvalue weighted by atomic mass is 16.7. The molecule has 0 unspecified atom stereocenters. The molecular formula is C16H15NO6. The number of carboxylic acid groups (broad SMARTS) is 1. The minimum absolute atomic E-state index is 0.247. The average Bonchev–Trinajstić information content (AvgIpc) is 3.13. The first-order chi connectivity index (χ1) is 11.1. The van der Waals surface area contributed by atoms with E-state index in [9.17, 15) is 14.7 Å². The number of hydrogen-bond donors (Lipinski definition) is 2. The highest BCUT2D eigenvalue weighted by molar-refractivity contribution is 5.99. The molecule has 1 aliphatic heterocycles. The number of benzene rings is 1. The van der Waals surface area contributed by atoms with E-state index in [-0.39, 0.29) is 5.70 Å². The molecule has 1 aromatic heterocycles. The van der Waals surface area contributed by atoms with E-state index in [0.29, 0.717) is 35.5 Å². The van der Waals surface area contributed by atoms with Gasteiger partial charge in [0.25, 0.3) is 0 Å². The summed E-state index contributed by atoms with van der Waals surface area (Å²) in [6.07, 6.45) is 0.664. The molecule has 0 spiro atoms. The maximum Gasteiger partial charge on any atom is 0.352 e. The summed E-state index contributed by atoms with van der Waals surface area (Å²) in [6, 6.07) is 7.19. The summed E-state index contributed by atoms with van der Waals surface area (Å²) in [5.74, 6) is -1.33.